The Kier molecular flexibility index (Phi) is 3.24. The highest BCUT2D eigenvalue weighted by atomic mass is 32.2. The molecule has 0 atom stereocenters. The minimum absolute atomic E-state index is 0.0390. The first-order valence-corrected chi connectivity index (χ1v) is 7.08. The molecule has 6 nitrogen and oxygen atoms in total. The lowest BCUT2D eigenvalue weighted by Gasteiger charge is -2.38. The molecule has 17 heavy (non-hydrogen) atoms. The van der Waals surface area contributed by atoms with Crippen LogP contribution in [0.4, 0.5) is 0 Å². The van der Waals surface area contributed by atoms with Crippen LogP contribution in [0.2, 0.25) is 0 Å². The lowest BCUT2D eigenvalue weighted by atomic mass is 9.71. The number of aromatic amines is 1. The monoisotopic (exact) mass is 259 g/mol. The van der Waals surface area contributed by atoms with Crippen LogP contribution in [0.15, 0.2) is 11.2 Å². The van der Waals surface area contributed by atoms with Gasteiger partial charge in [0.15, 0.2) is 5.03 Å². The molecule has 1 heterocycles. The number of nitrogens with zero attached hydrogens (tertiary/aromatic N) is 1. The third-order valence-corrected chi connectivity index (χ3v) is 4.78. The topological polar surface area (TPSA) is 95.1 Å². The van der Waals surface area contributed by atoms with E-state index in [1.165, 1.54) is 6.20 Å². The van der Waals surface area contributed by atoms with Crippen LogP contribution in [-0.4, -0.2) is 30.3 Å². The SMILES string of the molecule is CC1(CNS(=O)(=O)c2[nH]ncc2CO)CCC1. The normalized spacial score (nSPS) is 18.9. The molecular weight excluding hydrogens is 242 g/mol. The van der Waals surface area contributed by atoms with Gasteiger partial charge in [-0.25, -0.2) is 13.1 Å². The van der Waals surface area contributed by atoms with Crippen LogP contribution < -0.4 is 4.72 Å². The zero-order valence-corrected chi connectivity index (χ0v) is 10.5. The Bertz CT molecular complexity index is 491. The average Bonchev–Trinajstić information content (AvgIpc) is 2.72. The van der Waals surface area contributed by atoms with E-state index in [4.69, 9.17) is 5.11 Å². The van der Waals surface area contributed by atoms with Gasteiger partial charge in [0.25, 0.3) is 10.0 Å². The van der Waals surface area contributed by atoms with Crippen LogP contribution >= 0.6 is 0 Å². The van der Waals surface area contributed by atoms with Crippen molar-refractivity contribution >= 4 is 10.0 Å². The highest BCUT2D eigenvalue weighted by Gasteiger charge is 2.33. The van der Waals surface area contributed by atoms with Gasteiger partial charge >= 0.3 is 0 Å². The number of nitrogens with one attached hydrogen (secondary N) is 2. The first kappa shape index (κ1) is 12.5. The fourth-order valence-corrected chi connectivity index (χ4v) is 3.26. The second-order valence-electron chi connectivity index (χ2n) is 4.87. The second-order valence-corrected chi connectivity index (χ2v) is 6.58. The van der Waals surface area contributed by atoms with Crippen LogP contribution in [0.5, 0.6) is 0 Å². The molecule has 1 saturated carbocycles. The molecular formula is C10H17N3O3S. The Hall–Kier alpha value is -0.920. The molecule has 3 N–H and O–H groups in total. The van der Waals surface area contributed by atoms with Gasteiger partial charge in [-0.3, -0.25) is 5.10 Å². The van der Waals surface area contributed by atoms with Gasteiger partial charge in [-0.05, 0) is 18.3 Å². The van der Waals surface area contributed by atoms with E-state index in [2.05, 4.69) is 21.8 Å². The summed E-state index contributed by atoms with van der Waals surface area (Å²) < 4.78 is 26.5. The lowest BCUT2D eigenvalue weighted by molar-refractivity contribution is 0.166. The molecule has 0 unspecified atom stereocenters. The van der Waals surface area contributed by atoms with Crippen LogP contribution in [0, 0.1) is 5.41 Å². The van der Waals surface area contributed by atoms with Crippen LogP contribution in [-0.2, 0) is 16.6 Å². The van der Waals surface area contributed by atoms with Crippen molar-refractivity contribution in [2.24, 2.45) is 5.41 Å². The molecule has 0 aliphatic heterocycles. The molecule has 0 bridgehead atoms. The number of hydrogen-bond donors (Lipinski definition) is 3. The van der Waals surface area contributed by atoms with Gasteiger partial charge in [0, 0.05) is 12.1 Å². The fourth-order valence-electron chi connectivity index (χ4n) is 1.94. The Morgan fingerprint density at radius 2 is 2.29 bits per heavy atom. The molecule has 96 valence electrons. The molecule has 0 radical (unpaired) electrons. The number of hydrogen-bond acceptors (Lipinski definition) is 4. The molecule has 0 aromatic carbocycles. The molecule has 1 fully saturated rings. The van der Waals surface area contributed by atoms with Crippen molar-refractivity contribution in [3.8, 4) is 0 Å². The van der Waals surface area contributed by atoms with Crippen LogP contribution in [0.1, 0.15) is 31.7 Å². The zero-order chi connectivity index (χ0) is 12.5. The van der Waals surface area contributed by atoms with Gasteiger partial charge in [-0.15, -0.1) is 0 Å². The van der Waals surface area contributed by atoms with E-state index in [-0.39, 0.29) is 22.6 Å². The summed E-state index contributed by atoms with van der Waals surface area (Å²) in [6, 6.07) is 0. The summed E-state index contributed by atoms with van der Waals surface area (Å²) in [7, 11) is -3.60. The maximum Gasteiger partial charge on any atom is 0.257 e. The number of rotatable bonds is 5. The van der Waals surface area contributed by atoms with Crippen molar-refractivity contribution in [1.29, 1.82) is 0 Å². The molecule has 1 aromatic heterocycles. The number of aliphatic hydroxyl groups excluding tert-OH is 1. The van der Waals surface area contributed by atoms with E-state index >= 15 is 0 Å². The molecule has 1 aliphatic carbocycles. The highest BCUT2D eigenvalue weighted by Crippen LogP contribution is 2.39. The molecule has 1 aromatic rings. The van der Waals surface area contributed by atoms with Gasteiger partial charge in [-0.1, -0.05) is 13.3 Å². The molecule has 2 rings (SSSR count). The lowest BCUT2D eigenvalue weighted by Crippen LogP contribution is -2.40. The van der Waals surface area contributed by atoms with Gasteiger partial charge in [0.2, 0.25) is 0 Å². The standard InChI is InChI=1S/C10H17N3O3S/c1-10(3-2-4-10)7-12-17(15,16)9-8(6-14)5-11-13-9/h5,12,14H,2-4,6-7H2,1H3,(H,11,13). The molecule has 1 aliphatic rings. The van der Waals surface area contributed by atoms with E-state index in [1.54, 1.807) is 0 Å². The maximum absolute atomic E-state index is 12.0. The average molecular weight is 259 g/mol. The van der Waals surface area contributed by atoms with Crippen molar-refractivity contribution in [3.63, 3.8) is 0 Å². The predicted octanol–water partition coefficient (Wildman–Crippen LogP) is 0.370. The van der Waals surface area contributed by atoms with E-state index in [9.17, 15) is 8.42 Å². The minimum Gasteiger partial charge on any atom is -0.392 e. The number of aromatic nitrogens is 2. The van der Waals surface area contributed by atoms with Crippen molar-refractivity contribution in [3.05, 3.63) is 11.8 Å². The Morgan fingerprint density at radius 1 is 1.59 bits per heavy atom. The zero-order valence-electron chi connectivity index (χ0n) is 9.73. The summed E-state index contributed by atoms with van der Waals surface area (Å²) in [5.74, 6) is 0. The third kappa shape index (κ3) is 2.51. The smallest absolute Gasteiger partial charge is 0.257 e. The minimum atomic E-state index is -3.60. The number of aliphatic hydroxyl groups is 1. The first-order chi connectivity index (χ1) is 7.97. The van der Waals surface area contributed by atoms with Gasteiger partial charge in [0.05, 0.1) is 12.8 Å². The maximum atomic E-state index is 12.0. The van der Waals surface area contributed by atoms with Gasteiger partial charge in [0.1, 0.15) is 0 Å². The van der Waals surface area contributed by atoms with E-state index in [0.29, 0.717) is 6.54 Å². The van der Waals surface area contributed by atoms with Gasteiger partial charge < -0.3 is 5.11 Å². The summed E-state index contributed by atoms with van der Waals surface area (Å²) in [5.41, 5.74) is 0.364. The van der Waals surface area contributed by atoms with Crippen LogP contribution in [0.3, 0.4) is 0 Å². The van der Waals surface area contributed by atoms with Crippen molar-refractivity contribution in [2.75, 3.05) is 6.54 Å². The third-order valence-electron chi connectivity index (χ3n) is 3.37. The first-order valence-electron chi connectivity index (χ1n) is 5.60. The Balaban J connectivity index is 2.08. The predicted molar refractivity (Wildman–Crippen MR) is 61.7 cm³/mol. The van der Waals surface area contributed by atoms with Crippen molar-refractivity contribution in [1.82, 2.24) is 14.9 Å². The summed E-state index contributed by atoms with van der Waals surface area (Å²) in [5, 5.41) is 15.0. The Morgan fingerprint density at radius 3 is 2.82 bits per heavy atom. The summed E-state index contributed by atoms with van der Waals surface area (Å²) >= 11 is 0. The number of sulfonamides is 1. The van der Waals surface area contributed by atoms with E-state index in [1.807, 2.05) is 0 Å². The summed E-state index contributed by atoms with van der Waals surface area (Å²) in [6.07, 6.45) is 4.57. The molecule has 0 amide bonds. The Labute approximate surface area is 100 Å². The summed E-state index contributed by atoms with van der Waals surface area (Å²) in [4.78, 5) is 0. The largest absolute Gasteiger partial charge is 0.392 e. The fraction of sp³-hybridized carbons (Fsp3) is 0.700. The molecule has 7 heteroatoms. The number of H-pyrrole nitrogens is 1. The summed E-state index contributed by atoms with van der Waals surface area (Å²) in [6.45, 7) is 2.15. The molecule has 0 spiro atoms. The van der Waals surface area contributed by atoms with Crippen LogP contribution in [0.25, 0.3) is 0 Å². The quantitative estimate of drug-likeness (QED) is 0.712. The van der Waals surface area contributed by atoms with E-state index < -0.39 is 10.0 Å². The van der Waals surface area contributed by atoms with E-state index in [0.717, 1.165) is 19.3 Å². The van der Waals surface area contributed by atoms with Gasteiger partial charge in [-0.2, -0.15) is 5.10 Å². The van der Waals surface area contributed by atoms with Crippen molar-refractivity contribution < 1.29 is 13.5 Å². The highest BCUT2D eigenvalue weighted by molar-refractivity contribution is 7.89. The van der Waals surface area contributed by atoms with Crippen molar-refractivity contribution in [2.45, 2.75) is 37.8 Å². The second kappa shape index (κ2) is 4.40. The molecule has 0 saturated heterocycles.